The molecule has 6 heteroatoms. The minimum Gasteiger partial charge on any atom is -0.438 e. The second-order valence-electron chi connectivity index (χ2n) is 9.62. The SMILES string of the molecule is Cc1c(CNC(=O)OC2(c3ccccc3)CCN(C(=O)CCc3ccccc3)CC2)sc2ccccc12. The number of ether oxygens (including phenoxy) is 1. The van der Waals surface area contributed by atoms with Crippen molar-refractivity contribution in [3.05, 3.63) is 106 Å². The maximum absolute atomic E-state index is 13.1. The molecule has 37 heavy (non-hydrogen) atoms. The molecule has 0 saturated carbocycles. The van der Waals surface area contributed by atoms with Gasteiger partial charge in [0.1, 0.15) is 5.60 Å². The largest absolute Gasteiger partial charge is 0.438 e. The predicted molar refractivity (Wildman–Crippen MR) is 149 cm³/mol. The van der Waals surface area contributed by atoms with Crippen molar-refractivity contribution >= 4 is 33.4 Å². The number of fused-ring (bicyclic) bond motifs is 1. The van der Waals surface area contributed by atoms with E-state index in [1.807, 2.05) is 65.6 Å². The Morgan fingerprint density at radius 1 is 0.919 bits per heavy atom. The van der Waals surface area contributed by atoms with Crippen molar-refractivity contribution in [2.75, 3.05) is 13.1 Å². The number of hydrogen-bond acceptors (Lipinski definition) is 4. The highest BCUT2D eigenvalue weighted by molar-refractivity contribution is 7.19. The van der Waals surface area contributed by atoms with E-state index in [1.54, 1.807) is 11.3 Å². The summed E-state index contributed by atoms with van der Waals surface area (Å²) in [7, 11) is 0. The third-order valence-corrected chi connectivity index (χ3v) is 8.59. The lowest BCUT2D eigenvalue weighted by molar-refractivity contribution is -0.135. The van der Waals surface area contributed by atoms with Gasteiger partial charge in [-0.25, -0.2) is 4.79 Å². The van der Waals surface area contributed by atoms with Gasteiger partial charge in [0.2, 0.25) is 5.91 Å². The summed E-state index contributed by atoms with van der Waals surface area (Å²) in [6.07, 6.45) is 1.94. The van der Waals surface area contributed by atoms with E-state index in [-0.39, 0.29) is 5.91 Å². The molecular weight excluding hydrogens is 480 g/mol. The maximum Gasteiger partial charge on any atom is 0.408 e. The van der Waals surface area contributed by atoms with Crippen molar-refractivity contribution in [2.24, 2.45) is 0 Å². The number of piperidine rings is 1. The van der Waals surface area contributed by atoms with Crippen LogP contribution < -0.4 is 5.32 Å². The molecule has 2 amide bonds. The van der Waals surface area contributed by atoms with Crippen LogP contribution in [0.4, 0.5) is 4.79 Å². The van der Waals surface area contributed by atoms with E-state index in [0.717, 1.165) is 16.9 Å². The average Bonchev–Trinajstić information content (AvgIpc) is 3.27. The number of hydrogen-bond donors (Lipinski definition) is 1. The van der Waals surface area contributed by atoms with Gasteiger partial charge in [0.25, 0.3) is 0 Å². The molecule has 1 fully saturated rings. The monoisotopic (exact) mass is 512 g/mol. The van der Waals surface area contributed by atoms with Gasteiger partial charge in [0.05, 0.1) is 6.54 Å². The Hall–Kier alpha value is -3.64. The van der Waals surface area contributed by atoms with Gasteiger partial charge in [-0.3, -0.25) is 4.79 Å². The second kappa shape index (κ2) is 11.2. The molecule has 0 spiro atoms. The number of nitrogens with zero attached hydrogens (tertiary/aromatic N) is 1. The molecule has 190 valence electrons. The summed E-state index contributed by atoms with van der Waals surface area (Å²) in [5, 5.41) is 4.21. The number of benzene rings is 3. The highest BCUT2D eigenvalue weighted by Gasteiger charge is 2.41. The minimum absolute atomic E-state index is 0.148. The van der Waals surface area contributed by atoms with Crippen LogP contribution in [0, 0.1) is 6.92 Å². The normalized spacial score (nSPS) is 14.9. The molecule has 5 rings (SSSR count). The van der Waals surface area contributed by atoms with Gasteiger partial charge in [0, 0.05) is 41.9 Å². The van der Waals surface area contributed by atoms with E-state index < -0.39 is 11.7 Å². The van der Waals surface area contributed by atoms with Gasteiger partial charge in [-0.1, -0.05) is 78.9 Å². The fraction of sp³-hybridized carbons (Fsp3) is 0.290. The first-order valence-electron chi connectivity index (χ1n) is 12.9. The Morgan fingerprint density at radius 2 is 1.57 bits per heavy atom. The number of aryl methyl sites for hydroxylation is 2. The average molecular weight is 513 g/mol. The van der Waals surface area contributed by atoms with Crippen molar-refractivity contribution in [1.82, 2.24) is 10.2 Å². The number of carbonyl (C=O) groups excluding carboxylic acids is 2. The standard InChI is InChI=1S/C31H32N2O3S/c1-23-26-14-8-9-15-27(26)37-28(23)22-32-30(35)36-31(25-12-6-3-7-13-25)18-20-33(21-19-31)29(34)17-16-24-10-4-2-5-11-24/h2-15H,16-22H2,1H3,(H,32,35). The van der Waals surface area contributed by atoms with Crippen LogP contribution in [-0.2, 0) is 28.1 Å². The summed E-state index contributed by atoms with van der Waals surface area (Å²) in [6, 6.07) is 28.3. The maximum atomic E-state index is 13.1. The lowest BCUT2D eigenvalue weighted by Crippen LogP contribution is -2.48. The minimum atomic E-state index is -0.753. The Bertz CT molecular complexity index is 1360. The van der Waals surface area contributed by atoms with E-state index in [1.165, 1.54) is 21.2 Å². The van der Waals surface area contributed by atoms with Crippen LogP contribution in [0.15, 0.2) is 84.9 Å². The van der Waals surface area contributed by atoms with E-state index >= 15 is 0 Å². The van der Waals surface area contributed by atoms with E-state index in [0.29, 0.717) is 38.9 Å². The third kappa shape index (κ3) is 5.70. The van der Waals surface area contributed by atoms with Crippen LogP contribution in [0.1, 0.15) is 40.8 Å². The molecule has 0 radical (unpaired) electrons. The van der Waals surface area contributed by atoms with Crippen molar-refractivity contribution in [1.29, 1.82) is 0 Å². The Morgan fingerprint density at radius 3 is 2.27 bits per heavy atom. The zero-order valence-electron chi connectivity index (χ0n) is 21.1. The van der Waals surface area contributed by atoms with Gasteiger partial charge in [-0.05, 0) is 41.5 Å². The molecule has 2 heterocycles. The summed E-state index contributed by atoms with van der Waals surface area (Å²) in [6.45, 7) is 3.65. The van der Waals surface area contributed by atoms with Gasteiger partial charge in [-0.15, -0.1) is 11.3 Å². The van der Waals surface area contributed by atoms with Crippen LogP contribution in [0.2, 0.25) is 0 Å². The van der Waals surface area contributed by atoms with Crippen LogP contribution in [0.25, 0.3) is 10.1 Å². The molecule has 0 bridgehead atoms. The van der Waals surface area contributed by atoms with Crippen molar-refractivity contribution in [3.8, 4) is 0 Å². The molecule has 0 unspecified atom stereocenters. The molecule has 1 aliphatic rings. The predicted octanol–water partition coefficient (Wildman–Crippen LogP) is 6.59. The number of nitrogens with one attached hydrogen (secondary N) is 1. The highest BCUT2D eigenvalue weighted by atomic mass is 32.1. The first kappa shape index (κ1) is 25.0. The lowest BCUT2D eigenvalue weighted by Gasteiger charge is -2.41. The molecule has 5 nitrogen and oxygen atoms in total. The molecule has 4 aromatic rings. The zero-order chi connectivity index (χ0) is 25.7. The summed E-state index contributed by atoms with van der Waals surface area (Å²) < 4.78 is 7.39. The molecule has 1 aliphatic heterocycles. The van der Waals surface area contributed by atoms with Gasteiger partial charge in [0.15, 0.2) is 0 Å². The van der Waals surface area contributed by atoms with E-state index in [4.69, 9.17) is 4.74 Å². The zero-order valence-corrected chi connectivity index (χ0v) is 21.9. The Balaban J connectivity index is 1.23. The number of alkyl carbamates (subject to hydrolysis) is 1. The topological polar surface area (TPSA) is 58.6 Å². The molecule has 0 aliphatic carbocycles. The van der Waals surface area contributed by atoms with Crippen LogP contribution in [0.5, 0.6) is 0 Å². The Labute approximate surface area is 222 Å². The van der Waals surface area contributed by atoms with Gasteiger partial charge < -0.3 is 15.0 Å². The molecule has 1 saturated heterocycles. The molecule has 1 aromatic heterocycles. The van der Waals surface area contributed by atoms with Gasteiger partial charge in [-0.2, -0.15) is 0 Å². The van der Waals surface area contributed by atoms with Gasteiger partial charge >= 0.3 is 6.09 Å². The van der Waals surface area contributed by atoms with Crippen molar-refractivity contribution in [2.45, 2.75) is 44.8 Å². The van der Waals surface area contributed by atoms with Crippen LogP contribution in [0.3, 0.4) is 0 Å². The first-order valence-corrected chi connectivity index (χ1v) is 13.7. The van der Waals surface area contributed by atoms with E-state index in [2.05, 4.69) is 36.5 Å². The molecule has 1 N–H and O–H groups in total. The summed E-state index contributed by atoms with van der Waals surface area (Å²) >= 11 is 1.70. The summed E-state index contributed by atoms with van der Waals surface area (Å²) in [5.41, 5.74) is 2.58. The number of likely N-dealkylation sites (tertiary alicyclic amines) is 1. The fourth-order valence-corrected chi connectivity index (χ4v) is 6.27. The number of thiophene rings is 1. The highest BCUT2D eigenvalue weighted by Crippen LogP contribution is 2.37. The first-order chi connectivity index (χ1) is 18.0. The molecule has 0 atom stereocenters. The van der Waals surface area contributed by atoms with Crippen molar-refractivity contribution in [3.63, 3.8) is 0 Å². The summed E-state index contributed by atoms with van der Waals surface area (Å²) in [4.78, 5) is 29.0. The summed E-state index contributed by atoms with van der Waals surface area (Å²) in [5.74, 6) is 0.148. The number of carbonyl (C=O) groups is 2. The third-order valence-electron chi connectivity index (χ3n) is 7.32. The fourth-order valence-electron chi connectivity index (χ4n) is 5.12. The molecule has 3 aromatic carbocycles. The quantitative estimate of drug-likeness (QED) is 0.304. The van der Waals surface area contributed by atoms with Crippen LogP contribution >= 0.6 is 11.3 Å². The number of amides is 2. The Kier molecular flexibility index (Phi) is 7.56. The van der Waals surface area contributed by atoms with E-state index in [9.17, 15) is 9.59 Å². The van der Waals surface area contributed by atoms with Crippen molar-refractivity contribution < 1.29 is 14.3 Å². The van der Waals surface area contributed by atoms with Crippen LogP contribution in [-0.4, -0.2) is 30.0 Å². The number of rotatable bonds is 7. The lowest BCUT2D eigenvalue weighted by atomic mass is 9.84. The molecular formula is C31H32N2O3S. The smallest absolute Gasteiger partial charge is 0.408 e. The second-order valence-corrected chi connectivity index (χ2v) is 10.8.